The number of H-pyrrole nitrogens is 1. The smallest absolute Gasteiger partial charge is 0.134 e. The van der Waals surface area contributed by atoms with Crippen molar-refractivity contribution in [2.45, 2.75) is 32.2 Å². The lowest BCUT2D eigenvalue weighted by Gasteiger charge is -2.19. The molecule has 0 saturated carbocycles. The van der Waals surface area contributed by atoms with Crippen LogP contribution in [0.1, 0.15) is 25.5 Å². The number of aromatic nitrogens is 2. The van der Waals surface area contributed by atoms with Crippen molar-refractivity contribution in [2.75, 3.05) is 13.1 Å². The molecule has 5 rings (SSSR count). The first-order valence-corrected chi connectivity index (χ1v) is 9.47. The molecule has 1 N–H and O–H groups in total. The van der Waals surface area contributed by atoms with E-state index in [-0.39, 0.29) is 0 Å². The standard InChI is InChI=1S/C22H23N3O/c1-15-5-4-11-25(15)12-10-16-13-19-17(6-3-9-21(19)26-16)18-7-2-8-20-22(18)24-14-23-20/h2-3,6-9,13-15H,4-5,10-12H2,1H3,(H,23,24)/t15-/m1/s1. The van der Waals surface area contributed by atoms with E-state index >= 15 is 0 Å². The zero-order chi connectivity index (χ0) is 17.5. The number of fused-ring (bicyclic) bond motifs is 2. The van der Waals surface area contributed by atoms with Crippen molar-refractivity contribution in [3.8, 4) is 11.1 Å². The van der Waals surface area contributed by atoms with Crippen molar-refractivity contribution in [1.29, 1.82) is 0 Å². The van der Waals surface area contributed by atoms with E-state index in [1.807, 2.05) is 0 Å². The first kappa shape index (κ1) is 15.6. The first-order valence-electron chi connectivity index (χ1n) is 9.47. The Bertz CT molecular complexity index is 1060. The number of furan rings is 1. The summed E-state index contributed by atoms with van der Waals surface area (Å²) in [5, 5.41) is 1.17. The molecule has 4 aromatic rings. The van der Waals surface area contributed by atoms with Gasteiger partial charge in [0.1, 0.15) is 11.3 Å². The molecule has 4 heteroatoms. The second kappa shape index (κ2) is 6.29. The summed E-state index contributed by atoms with van der Waals surface area (Å²) in [5.74, 6) is 1.07. The van der Waals surface area contributed by atoms with Crippen LogP contribution in [-0.4, -0.2) is 34.0 Å². The Balaban J connectivity index is 1.51. The monoisotopic (exact) mass is 345 g/mol. The van der Waals surface area contributed by atoms with Crippen molar-refractivity contribution in [3.63, 3.8) is 0 Å². The Morgan fingerprint density at radius 3 is 2.96 bits per heavy atom. The topological polar surface area (TPSA) is 45.1 Å². The van der Waals surface area contributed by atoms with Crippen LogP contribution in [0.15, 0.2) is 53.2 Å². The minimum atomic E-state index is 0.701. The summed E-state index contributed by atoms with van der Waals surface area (Å²) in [4.78, 5) is 10.3. The van der Waals surface area contributed by atoms with Gasteiger partial charge in [-0.2, -0.15) is 0 Å². The van der Waals surface area contributed by atoms with Gasteiger partial charge in [0.2, 0.25) is 0 Å². The van der Waals surface area contributed by atoms with Crippen LogP contribution in [0.3, 0.4) is 0 Å². The van der Waals surface area contributed by atoms with Gasteiger partial charge in [0.25, 0.3) is 0 Å². The maximum Gasteiger partial charge on any atom is 0.134 e. The number of imidazole rings is 1. The van der Waals surface area contributed by atoms with Crippen LogP contribution in [0.4, 0.5) is 0 Å². The molecule has 4 nitrogen and oxygen atoms in total. The van der Waals surface area contributed by atoms with E-state index in [0.717, 1.165) is 40.9 Å². The second-order valence-electron chi connectivity index (χ2n) is 7.31. The predicted octanol–water partition coefficient (Wildman–Crippen LogP) is 5.00. The summed E-state index contributed by atoms with van der Waals surface area (Å²) in [6.07, 6.45) is 5.36. The fourth-order valence-corrected chi connectivity index (χ4v) is 4.23. The van der Waals surface area contributed by atoms with Gasteiger partial charge in [-0.1, -0.05) is 24.3 Å². The van der Waals surface area contributed by atoms with Gasteiger partial charge in [-0.3, -0.25) is 0 Å². The minimum absolute atomic E-state index is 0.701. The highest BCUT2D eigenvalue weighted by Crippen LogP contribution is 2.34. The predicted molar refractivity (Wildman–Crippen MR) is 105 cm³/mol. The van der Waals surface area contributed by atoms with Crippen molar-refractivity contribution in [1.82, 2.24) is 14.9 Å². The Hall–Kier alpha value is -2.59. The fourth-order valence-electron chi connectivity index (χ4n) is 4.23. The van der Waals surface area contributed by atoms with Gasteiger partial charge in [-0.15, -0.1) is 0 Å². The minimum Gasteiger partial charge on any atom is -0.461 e. The highest BCUT2D eigenvalue weighted by molar-refractivity contribution is 6.02. The molecular formula is C22H23N3O. The Kier molecular flexibility index (Phi) is 3.79. The van der Waals surface area contributed by atoms with Gasteiger partial charge in [0.15, 0.2) is 0 Å². The highest BCUT2D eigenvalue weighted by atomic mass is 16.3. The van der Waals surface area contributed by atoms with Gasteiger partial charge >= 0.3 is 0 Å². The van der Waals surface area contributed by atoms with Gasteiger partial charge in [0.05, 0.1) is 17.4 Å². The summed E-state index contributed by atoms with van der Waals surface area (Å²) in [5.41, 5.74) is 5.36. The quantitative estimate of drug-likeness (QED) is 0.566. The van der Waals surface area contributed by atoms with E-state index in [1.54, 1.807) is 6.33 Å². The summed E-state index contributed by atoms with van der Waals surface area (Å²) >= 11 is 0. The molecule has 3 heterocycles. The number of nitrogens with zero attached hydrogens (tertiary/aromatic N) is 2. The molecule has 0 amide bonds. The van der Waals surface area contributed by atoms with Gasteiger partial charge in [-0.05, 0) is 50.1 Å². The van der Waals surface area contributed by atoms with Gasteiger partial charge < -0.3 is 14.3 Å². The van der Waals surface area contributed by atoms with E-state index in [0.29, 0.717) is 6.04 Å². The van der Waals surface area contributed by atoms with Crippen molar-refractivity contribution in [3.05, 3.63) is 54.6 Å². The molecule has 1 fully saturated rings. The van der Waals surface area contributed by atoms with E-state index in [1.165, 1.54) is 30.3 Å². The van der Waals surface area contributed by atoms with Crippen molar-refractivity contribution < 1.29 is 4.42 Å². The Labute approximate surface area is 152 Å². The number of nitrogens with one attached hydrogen (secondary N) is 1. The first-order chi connectivity index (χ1) is 12.8. The lowest BCUT2D eigenvalue weighted by molar-refractivity contribution is 0.266. The molecule has 1 aliphatic heterocycles. The van der Waals surface area contributed by atoms with E-state index in [9.17, 15) is 0 Å². The lowest BCUT2D eigenvalue weighted by Crippen LogP contribution is -2.28. The summed E-state index contributed by atoms with van der Waals surface area (Å²) in [6, 6.07) is 15.5. The van der Waals surface area contributed by atoms with Crippen LogP contribution in [-0.2, 0) is 6.42 Å². The SMILES string of the molecule is C[C@@H]1CCCN1CCc1cc2c(-c3cccc4[nH]cnc34)cccc2o1. The van der Waals surface area contributed by atoms with Crippen LogP contribution in [0, 0.1) is 0 Å². The van der Waals surface area contributed by atoms with Crippen molar-refractivity contribution >= 4 is 22.0 Å². The maximum atomic E-state index is 6.16. The molecule has 0 aliphatic carbocycles. The van der Waals surface area contributed by atoms with E-state index in [2.05, 4.69) is 64.3 Å². The Morgan fingerprint density at radius 1 is 1.19 bits per heavy atom. The van der Waals surface area contributed by atoms with Crippen LogP contribution in [0.25, 0.3) is 33.1 Å². The summed E-state index contributed by atoms with van der Waals surface area (Å²) in [6.45, 7) is 4.62. The largest absolute Gasteiger partial charge is 0.461 e. The fraction of sp³-hybridized carbons (Fsp3) is 0.318. The molecule has 1 saturated heterocycles. The summed E-state index contributed by atoms with van der Waals surface area (Å²) < 4.78 is 6.16. The number of hydrogen-bond donors (Lipinski definition) is 1. The molecular weight excluding hydrogens is 322 g/mol. The number of likely N-dealkylation sites (tertiary alicyclic amines) is 1. The van der Waals surface area contributed by atoms with Crippen molar-refractivity contribution in [2.24, 2.45) is 0 Å². The van der Waals surface area contributed by atoms with E-state index in [4.69, 9.17) is 4.42 Å². The molecule has 2 aromatic heterocycles. The molecule has 0 radical (unpaired) electrons. The number of benzene rings is 2. The molecule has 0 unspecified atom stereocenters. The highest BCUT2D eigenvalue weighted by Gasteiger charge is 2.20. The van der Waals surface area contributed by atoms with Gasteiger partial charge in [0, 0.05) is 30.0 Å². The average molecular weight is 345 g/mol. The zero-order valence-electron chi connectivity index (χ0n) is 15.0. The maximum absolute atomic E-state index is 6.16. The molecule has 0 bridgehead atoms. The Morgan fingerprint density at radius 2 is 2.08 bits per heavy atom. The third-order valence-electron chi connectivity index (χ3n) is 5.69. The molecule has 1 atom stereocenters. The molecule has 0 spiro atoms. The average Bonchev–Trinajstić information content (AvgIpc) is 3.38. The van der Waals surface area contributed by atoms with Gasteiger partial charge in [-0.25, -0.2) is 4.98 Å². The lowest BCUT2D eigenvalue weighted by atomic mass is 10.0. The molecule has 132 valence electrons. The molecule has 26 heavy (non-hydrogen) atoms. The number of rotatable bonds is 4. The number of para-hydroxylation sites is 1. The third kappa shape index (κ3) is 2.61. The van der Waals surface area contributed by atoms with Crippen LogP contribution in [0.2, 0.25) is 0 Å². The second-order valence-corrected chi connectivity index (χ2v) is 7.31. The van der Waals surface area contributed by atoms with Crippen LogP contribution < -0.4 is 0 Å². The molecule has 2 aromatic carbocycles. The zero-order valence-corrected chi connectivity index (χ0v) is 15.0. The normalized spacial score (nSPS) is 18.3. The van der Waals surface area contributed by atoms with Crippen LogP contribution >= 0.6 is 0 Å². The molecule has 1 aliphatic rings. The van der Waals surface area contributed by atoms with E-state index < -0.39 is 0 Å². The summed E-state index contributed by atoms with van der Waals surface area (Å²) in [7, 11) is 0. The number of aromatic amines is 1. The third-order valence-corrected chi connectivity index (χ3v) is 5.69. The van der Waals surface area contributed by atoms with Crippen LogP contribution in [0.5, 0.6) is 0 Å². The number of hydrogen-bond acceptors (Lipinski definition) is 3.